The standard InChI is InChI=1S/C27H33FN4O4/c1-2-15-29-26(33)30-21-12-13-24(25(28)17-21)19-8-10-20(11-9-19)31-36-23-14-16-32(18-23)27(34)35-22-6-4-3-5-7-22/h3-7,12-13,17,19,23H,2,8-11,14-16,18H2,1H3,(H2,29,30,33). The van der Waals surface area contributed by atoms with Crippen LogP contribution in [0.4, 0.5) is 19.7 Å². The van der Waals surface area contributed by atoms with E-state index in [9.17, 15) is 14.0 Å². The van der Waals surface area contributed by atoms with E-state index in [2.05, 4.69) is 15.8 Å². The highest BCUT2D eigenvalue weighted by Gasteiger charge is 2.30. The molecule has 2 N–H and O–H groups in total. The molecule has 0 spiro atoms. The second-order valence-electron chi connectivity index (χ2n) is 9.19. The van der Waals surface area contributed by atoms with Crippen LogP contribution in [-0.2, 0) is 4.84 Å². The third kappa shape index (κ3) is 6.96. The number of carbonyl (C=O) groups excluding carboxylic acids is 2. The van der Waals surface area contributed by atoms with Crippen LogP contribution in [0, 0.1) is 5.82 Å². The van der Waals surface area contributed by atoms with E-state index in [-0.39, 0.29) is 30.0 Å². The summed E-state index contributed by atoms with van der Waals surface area (Å²) in [7, 11) is 0. The lowest BCUT2D eigenvalue weighted by Crippen LogP contribution is -2.32. The number of anilines is 1. The number of benzene rings is 2. The summed E-state index contributed by atoms with van der Waals surface area (Å²) >= 11 is 0. The van der Waals surface area contributed by atoms with E-state index in [1.807, 2.05) is 25.1 Å². The van der Waals surface area contributed by atoms with Gasteiger partial charge in [-0.05, 0) is 67.9 Å². The number of likely N-dealkylation sites (tertiary alicyclic amines) is 1. The summed E-state index contributed by atoms with van der Waals surface area (Å²) in [6, 6.07) is 13.5. The largest absolute Gasteiger partial charge is 0.415 e. The number of hydrogen-bond acceptors (Lipinski definition) is 5. The van der Waals surface area contributed by atoms with Crippen molar-refractivity contribution >= 4 is 23.5 Å². The lowest BCUT2D eigenvalue weighted by molar-refractivity contribution is 0.0636. The number of rotatable bonds is 7. The van der Waals surface area contributed by atoms with Gasteiger partial charge in [0.05, 0.1) is 12.3 Å². The van der Waals surface area contributed by atoms with E-state index in [1.165, 1.54) is 6.07 Å². The molecule has 9 heteroatoms. The molecule has 8 nitrogen and oxygen atoms in total. The summed E-state index contributed by atoms with van der Waals surface area (Å²) in [6.45, 7) is 3.54. The number of oxime groups is 1. The predicted molar refractivity (Wildman–Crippen MR) is 136 cm³/mol. The highest BCUT2D eigenvalue weighted by atomic mass is 19.1. The van der Waals surface area contributed by atoms with Crippen molar-refractivity contribution in [1.82, 2.24) is 10.2 Å². The molecule has 1 unspecified atom stereocenters. The van der Waals surface area contributed by atoms with Crippen molar-refractivity contribution in [3.8, 4) is 5.75 Å². The highest BCUT2D eigenvalue weighted by Crippen LogP contribution is 2.34. The Kier molecular flexibility index (Phi) is 8.76. The summed E-state index contributed by atoms with van der Waals surface area (Å²) in [6.07, 6.45) is 4.01. The van der Waals surface area contributed by atoms with Crippen molar-refractivity contribution in [3.05, 3.63) is 59.9 Å². The van der Waals surface area contributed by atoms with Crippen LogP contribution in [0.5, 0.6) is 5.75 Å². The maximum absolute atomic E-state index is 14.8. The molecular weight excluding hydrogens is 463 g/mol. The molecule has 0 radical (unpaired) electrons. The number of para-hydroxylation sites is 1. The van der Waals surface area contributed by atoms with Gasteiger partial charge in [0.25, 0.3) is 0 Å². The number of nitrogens with zero attached hydrogens (tertiary/aromatic N) is 2. The molecule has 1 atom stereocenters. The van der Waals surface area contributed by atoms with E-state index < -0.39 is 0 Å². The van der Waals surface area contributed by atoms with Crippen molar-refractivity contribution in [2.45, 2.75) is 57.5 Å². The molecule has 2 aliphatic rings. The van der Waals surface area contributed by atoms with Gasteiger partial charge in [-0.25, -0.2) is 14.0 Å². The number of halogens is 1. The van der Waals surface area contributed by atoms with Crippen LogP contribution in [0.15, 0.2) is 53.7 Å². The average Bonchev–Trinajstić information content (AvgIpc) is 3.37. The zero-order chi connectivity index (χ0) is 25.3. The van der Waals surface area contributed by atoms with Crippen LogP contribution in [-0.4, -0.2) is 48.5 Å². The number of amides is 3. The fourth-order valence-corrected chi connectivity index (χ4v) is 4.49. The van der Waals surface area contributed by atoms with E-state index in [0.29, 0.717) is 43.1 Å². The quantitative estimate of drug-likeness (QED) is 0.484. The number of urea groups is 1. The van der Waals surface area contributed by atoms with Crippen molar-refractivity contribution in [3.63, 3.8) is 0 Å². The fraction of sp³-hybridized carbons (Fsp3) is 0.444. The van der Waals surface area contributed by atoms with Crippen molar-refractivity contribution in [2.75, 3.05) is 25.0 Å². The van der Waals surface area contributed by atoms with Crippen molar-refractivity contribution < 1.29 is 23.6 Å². The van der Waals surface area contributed by atoms with Crippen LogP contribution in [0.3, 0.4) is 0 Å². The minimum atomic E-state index is -0.384. The van der Waals surface area contributed by atoms with Gasteiger partial charge in [-0.2, -0.15) is 0 Å². The van der Waals surface area contributed by atoms with E-state index in [0.717, 1.165) is 37.8 Å². The summed E-state index contributed by atoms with van der Waals surface area (Å²) in [4.78, 5) is 31.5. The van der Waals surface area contributed by atoms with Crippen LogP contribution >= 0.6 is 0 Å². The molecule has 0 aromatic heterocycles. The van der Waals surface area contributed by atoms with E-state index >= 15 is 0 Å². The third-order valence-corrected chi connectivity index (χ3v) is 6.48. The lowest BCUT2D eigenvalue weighted by atomic mass is 9.83. The Bertz CT molecular complexity index is 1070. The maximum atomic E-state index is 14.8. The topological polar surface area (TPSA) is 92.3 Å². The van der Waals surface area contributed by atoms with Crippen LogP contribution < -0.4 is 15.4 Å². The maximum Gasteiger partial charge on any atom is 0.415 e. The smallest absolute Gasteiger partial charge is 0.410 e. The normalized spacial score (nSPS) is 19.5. The lowest BCUT2D eigenvalue weighted by Gasteiger charge is -2.24. The molecule has 1 heterocycles. The molecule has 2 aromatic carbocycles. The number of carbonyl (C=O) groups is 2. The average molecular weight is 497 g/mol. The first-order chi connectivity index (χ1) is 17.5. The third-order valence-electron chi connectivity index (χ3n) is 6.48. The van der Waals surface area contributed by atoms with Crippen LogP contribution in [0.25, 0.3) is 0 Å². The van der Waals surface area contributed by atoms with E-state index in [4.69, 9.17) is 9.57 Å². The molecule has 2 aromatic rings. The van der Waals surface area contributed by atoms with Gasteiger partial charge >= 0.3 is 12.1 Å². The Morgan fingerprint density at radius 2 is 1.89 bits per heavy atom. The first-order valence-corrected chi connectivity index (χ1v) is 12.6. The van der Waals surface area contributed by atoms with E-state index in [1.54, 1.807) is 29.2 Å². The second kappa shape index (κ2) is 12.4. The summed E-state index contributed by atoms with van der Waals surface area (Å²) in [5, 5.41) is 9.73. The summed E-state index contributed by atoms with van der Waals surface area (Å²) in [5.41, 5.74) is 2.07. The Morgan fingerprint density at radius 1 is 1.11 bits per heavy atom. The first kappa shape index (κ1) is 25.5. The molecule has 192 valence electrons. The van der Waals surface area contributed by atoms with Gasteiger partial charge in [0.15, 0.2) is 0 Å². The van der Waals surface area contributed by atoms with Crippen molar-refractivity contribution in [1.29, 1.82) is 0 Å². The Hall–Kier alpha value is -3.62. The number of nitrogens with one attached hydrogen (secondary N) is 2. The highest BCUT2D eigenvalue weighted by molar-refractivity contribution is 5.89. The molecule has 36 heavy (non-hydrogen) atoms. The number of hydrogen-bond donors (Lipinski definition) is 2. The van der Waals surface area contributed by atoms with Gasteiger partial charge in [0.1, 0.15) is 17.7 Å². The van der Waals surface area contributed by atoms with Gasteiger partial charge < -0.3 is 25.1 Å². The predicted octanol–water partition coefficient (Wildman–Crippen LogP) is 5.66. The van der Waals surface area contributed by atoms with Crippen molar-refractivity contribution in [2.24, 2.45) is 5.16 Å². The van der Waals surface area contributed by atoms with Gasteiger partial charge in [0.2, 0.25) is 0 Å². The fourth-order valence-electron chi connectivity index (χ4n) is 4.49. The minimum absolute atomic E-state index is 0.0987. The SMILES string of the molecule is CCCNC(=O)Nc1ccc(C2CCC(=NOC3CCN(C(=O)Oc4ccccc4)C3)CC2)c(F)c1. The van der Waals surface area contributed by atoms with Crippen LogP contribution in [0.2, 0.25) is 0 Å². The van der Waals surface area contributed by atoms with Crippen LogP contribution in [0.1, 0.15) is 56.9 Å². The Morgan fingerprint density at radius 3 is 2.61 bits per heavy atom. The van der Waals surface area contributed by atoms with Gasteiger partial charge in [-0.15, -0.1) is 0 Å². The second-order valence-corrected chi connectivity index (χ2v) is 9.19. The minimum Gasteiger partial charge on any atom is -0.410 e. The zero-order valence-corrected chi connectivity index (χ0v) is 20.5. The van der Waals surface area contributed by atoms with Gasteiger partial charge in [-0.3, -0.25) is 0 Å². The molecule has 3 amide bonds. The molecule has 4 rings (SSSR count). The monoisotopic (exact) mass is 496 g/mol. The molecule has 0 bridgehead atoms. The first-order valence-electron chi connectivity index (χ1n) is 12.6. The summed E-state index contributed by atoms with van der Waals surface area (Å²) < 4.78 is 20.1. The Balaban J connectivity index is 1.22. The summed E-state index contributed by atoms with van der Waals surface area (Å²) in [5.74, 6) is 0.309. The molecule has 1 saturated heterocycles. The molecule has 1 aliphatic carbocycles. The molecule has 1 saturated carbocycles. The molecule has 1 aliphatic heterocycles. The van der Waals surface area contributed by atoms with Gasteiger partial charge in [0, 0.05) is 25.2 Å². The molecule has 2 fully saturated rings. The zero-order valence-electron chi connectivity index (χ0n) is 20.5. The Labute approximate surface area is 210 Å². The van der Waals surface area contributed by atoms with Gasteiger partial charge in [-0.1, -0.05) is 36.3 Å². The molecular formula is C27H33FN4O4. The number of ether oxygens (including phenoxy) is 1.